The Bertz CT molecular complexity index is 1740. The maximum Gasteiger partial charge on any atom is 0.416 e. The van der Waals surface area contributed by atoms with Crippen LogP contribution in [0, 0.1) is 6.92 Å². The molecule has 1 amide bonds. The first-order valence-electron chi connectivity index (χ1n) is 12.7. The van der Waals surface area contributed by atoms with Gasteiger partial charge in [-0.1, -0.05) is 6.07 Å². The Labute approximate surface area is 234 Å². The molecule has 216 valence electrons. The number of rotatable bonds is 6. The number of nitrogens with two attached hydrogens (primary N) is 1. The van der Waals surface area contributed by atoms with Gasteiger partial charge >= 0.3 is 6.18 Å². The molecule has 1 saturated heterocycles. The molecule has 0 aliphatic carbocycles. The fourth-order valence-corrected chi connectivity index (χ4v) is 5.94. The Morgan fingerprint density at radius 3 is 2.44 bits per heavy atom. The molecule has 0 radical (unpaired) electrons. The number of hydrogen-bond donors (Lipinski definition) is 2. The topological polar surface area (TPSA) is 126 Å². The number of nitrogens with one attached hydrogen (secondary N) is 1. The lowest BCUT2D eigenvalue weighted by molar-refractivity contribution is -0.137. The second-order valence-corrected chi connectivity index (χ2v) is 11.8. The minimum Gasteiger partial charge on any atom is -0.383 e. The number of halogens is 3. The fraction of sp³-hybridized carbons (Fsp3) is 0.296. The molecule has 0 spiro atoms. The van der Waals surface area contributed by atoms with Gasteiger partial charge in [-0.2, -0.15) is 22.8 Å². The molecule has 0 bridgehead atoms. The van der Waals surface area contributed by atoms with Crippen LogP contribution < -0.4 is 10.5 Å². The number of aromatic nitrogens is 3. The van der Waals surface area contributed by atoms with Gasteiger partial charge in [-0.3, -0.25) is 9.52 Å². The summed E-state index contributed by atoms with van der Waals surface area (Å²) in [7, 11) is -0.168. The van der Waals surface area contributed by atoms with Crippen molar-refractivity contribution in [1.82, 2.24) is 24.4 Å². The number of nitrogen functional groups attached to an aromatic ring is 1. The summed E-state index contributed by atoms with van der Waals surface area (Å²) in [5.41, 5.74) is 8.11. The van der Waals surface area contributed by atoms with Crippen LogP contribution >= 0.6 is 0 Å². The first kappa shape index (κ1) is 28.4. The van der Waals surface area contributed by atoms with Gasteiger partial charge in [0, 0.05) is 30.9 Å². The van der Waals surface area contributed by atoms with Gasteiger partial charge in [0.1, 0.15) is 11.4 Å². The number of amides is 1. The number of likely N-dealkylation sites (N-methyl/N-ethyl adjacent to an activating group) is 1. The Hall–Kier alpha value is -4.17. The highest BCUT2D eigenvalue weighted by molar-refractivity contribution is 7.92. The summed E-state index contributed by atoms with van der Waals surface area (Å²) in [5.74, 6) is 0.0867. The van der Waals surface area contributed by atoms with Crippen molar-refractivity contribution >= 4 is 33.1 Å². The lowest BCUT2D eigenvalue weighted by atomic mass is 10.0. The minimum atomic E-state index is -4.57. The lowest BCUT2D eigenvalue weighted by Gasteiger charge is -2.20. The van der Waals surface area contributed by atoms with Crippen LogP contribution in [0.4, 0.5) is 24.7 Å². The number of hydrogen-bond acceptors (Lipinski definition) is 7. The Kier molecular flexibility index (Phi) is 7.15. The predicted molar refractivity (Wildman–Crippen MR) is 148 cm³/mol. The third kappa shape index (κ3) is 5.44. The Balaban J connectivity index is 1.38. The summed E-state index contributed by atoms with van der Waals surface area (Å²) in [5, 5.41) is 4.30. The molecule has 14 heteroatoms. The maximum atomic E-state index is 13.2. The van der Waals surface area contributed by atoms with E-state index in [0.717, 1.165) is 30.7 Å². The molecule has 2 aromatic carbocycles. The van der Waals surface area contributed by atoms with Crippen LogP contribution in [0.1, 0.15) is 27.9 Å². The number of benzene rings is 2. The fourth-order valence-electron chi connectivity index (χ4n) is 4.81. The molecular weight excluding hydrogens is 559 g/mol. The van der Waals surface area contributed by atoms with Crippen molar-refractivity contribution in [3.8, 4) is 11.1 Å². The van der Waals surface area contributed by atoms with Crippen LogP contribution in [0.2, 0.25) is 0 Å². The van der Waals surface area contributed by atoms with Crippen LogP contribution in [0.3, 0.4) is 0 Å². The zero-order valence-corrected chi connectivity index (χ0v) is 23.3. The van der Waals surface area contributed by atoms with E-state index in [0.29, 0.717) is 41.0 Å². The Morgan fingerprint density at radius 1 is 1.12 bits per heavy atom. The highest BCUT2D eigenvalue weighted by Crippen LogP contribution is 2.32. The van der Waals surface area contributed by atoms with Gasteiger partial charge in [0.25, 0.3) is 15.9 Å². The first-order chi connectivity index (χ1) is 19.3. The van der Waals surface area contributed by atoms with Crippen molar-refractivity contribution in [3.63, 3.8) is 0 Å². The van der Waals surface area contributed by atoms with Gasteiger partial charge < -0.3 is 15.5 Å². The third-order valence-electron chi connectivity index (χ3n) is 7.25. The summed E-state index contributed by atoms with van der Waals surface area (Å²) in [4.78, 5) is 21.2. The van der Waals surface area contributed by atoms with Gasteiger partial charge in [-0.05, 0) is 75.0 Å². The molecule has 5 rings (SSSR count). The zero-order valence-electron chi connectivity index (χ0n) is 22.5. The average Bonchev–Trinajstić information content (AvgIpc) is 3.58. The summed E-state index contributed by atoms with van der Waals surface area (Å²) < 4.78 is 68.0. The number of alkyl halides is 3. The van der Waals surface area contributed by atoms with Crippen molar-refractivity contribution in [3.05, 3.63) is 71.5 Å². The Morgan fingerprint density at radius 2 is 1.83 bits per heavy atom. The molecule has 2 aromatic heterocycles. The van der Waals surface area contributed by atoms with Gasteiger partial charge in [0.15, 0.2) is 5.65 Å². The van der Waals surface area contributed by atoms with Gasteiger partial charge in [0.05, 0.1) is 22.3 Å². The molecular formula is C27H28F3N7O3S. The van der Waals surface area contributed by atoms with E-state index in [9.17, 15) is 26.4 Å². The number of carbonyl (C=O) groups is 1. The number of nitrogens with zero attached hydrogens (tertiary/aromatic N) is 5. The monoisotopic (exact) mass is 587 g/mol. The minimum absolute atomic E-state index is 0.162. The van der Waals surface area contributed by atoms with Crippen LogP contribution in [-0.4, -0.2) is 71.9 Å². The van der Waals surface area contributed by atoms with Gasteiger partial charge in [-0.15, -0.1) is 0 Å². The summed E-state index contributed by atoms with van der Waals surface area (Å²) in [6.45, 7) is 2.93. The smallest absolute Gasteiger partial charge is 0.383 e. The largest absolute Gasteiger partial charge is 0.416 e. The predicted octanol–water partition coefficient (Wildman–Crippen LogP) is 3.88. The van der Waals surface area contributed by atoms with E-state index < -0.39 is 21.8 Å². The van der Waals surface area contributed by atoms with Crippen LogP contribution in [-0.2, 0) is 16.2 Å². The standard InChI is InChI=1S/C27H28F3N7O3S/c1-16-12-17(4-9-23(16)34-41(39,40)20-7-5-18(6-8-20)27(28,29)30)21-13-32-25-22(14-33-37(25)24(21)31)26(38)36-11-10-19(15-36)35(2)3/h4-9,12-14,19,34H,10-11,15,31H2,1-3H3. The number of carbonyl (C=O) groups excluding carboxylic acids is 1. The molecule has 0 saturated carbocycles. The molecule has 10 nitrogen and oxygen atoms in total. The molecule has 1 aliphatic heterocycles. The summed E-state index contributed by atoms with van der Waals surface area (Å²) >= 11 is 0. The zero-order chi connectivity index (χ0) is 29.7. The van der Waals surface area contributed by atoms with Crippen molar-refractivity contribution in [1.29, 1.82) is 0 Å². The number of likely N-dealkylation sites (tertiary alicyclic amines) is 1. The highest BCUT2D eigenvalue weighted by atomic mass is 32.2. The van der Waals surface area contributed by atoms with Crippen LogP contribution in [0.25, 0.3) is 16.8 Å². The van der Waals surface area contributed by atoms with Gasteiger partial charge in [-0.25, -0.2) is 13.4 Å². The van der Waals surface area contributed by atoms with Crippen molar-refractivity contribution < 1.29 is 26.4 Å². The molecule has 3 heterocycles. The van der Waals surface area contributed by atoms with Crippen molar-refractivity contribution in [2.75, 3.05) is 37.6 Å². The molecule has 3 N–H and O–H groups in total. The van der Waals surface area contributed by atoms with E-state index in [1.807, 2.05) is 14.1 Å². The molecule has 1 fully saturated rings. The second kappa shape index (κ2) is 10.3. The van der Waals surface area contributed by atoms with E-state index >= 15 is 0 Å². The quantitative estimate of drug-likeness (QED) is 0.351. The summed E-state index contributed by atoms with van der Waals surface area (Å²) in [6.07, 6.45) is -0.694. The lowest BCUT2D eigenvalue weighted by Crippen LogP contribution is -2.34. The van der Waals surface area contributed by atoms with Gasteiger partial charge in [0.2, 0.25) is 0 Å². The van der Waals surface area contributed by atoms with E-state index in [1.165, 1.54) is 23.0 Å². The number of anilines is 2. The summed E-state index contributed by atoms with van der Waals surface area (Å²) in [6, 6.07) is 8.40. The molecule has 4 aromatic rings. The molecule has 1 unspecified atom stereocenters. The second-order valence-electron chi connectivity index (χ2n) is 10.2. The molecule has 1 atom stereocenters. The molecule has 1 aliphatic rings. The normalized spacial score (nSPS) is 16.1. The van der Waals surface area contributed by atoms with Crippen molar-refractivity contribution in [2.24, 2.45) is 0 Å². The third-order valence-corrected chi connectivity index (χ3v) is 8.63. The van der Waals surface area contributed by atoms with E-state index in [4.69, 9.17) is 5.73 Å². The number of aryl methyl sites for hydroxylation is 1. The average molecular weight is 588 g/mol. The van der Waals surface area contributed by atoms with Crippen LogP contribution in [0.15, 0.2) is 59.8 Å². The van der Waals surface area contributed by atoms with E-state index in [-0.39, 0.29) is 28.3 Å². The van der Waals surface area contributed by atoms with Crippen LogP contribution in [0.5, 0.6) is 0 Å². The number of fused-ring (bicyclic) bond motifs is 1. The van der Waals surface area contributed by atoms with E-state index in [2.05, 4.69) is 19.7 Å². The highest BCUT2D eigenvalue weighted by Gasteiger charge is 2.31. The SMILES string of the molecule is Cc1cc(-c2cnc3c(C(=O)N4CCC(N(C)C)C4)cnn3c2N)ccc1NS(=O)(=O)c1ccc(C(F)(F)F)cc1. The number of sulfonamides is 1. The maximum absolute atomic E-state index is 13.2. The first-order valence-corrected chi connectivity index (χ1v) is 14.1. The van der Waals surface area contributed by atoms with Crippen molar-refractivity contribution in [2.45, 2.75) is 30.5 Å². The van der Waals surface area contributed by atoms with E-state index in [1.54, 1.807) is 24.0 Å². The molecule has 41 heavy (non-hydrogen) atoms.